The quantitative estimate of drug-likeness (QED) is 0.518. The number of carbonyl (C=O) groups excluding carboxylic acids is 3. The Morgan fingerprint density at radius 2 is 1.68 bits per heavy atom. The summed E-state index contributed by atoms with van der Waals surface area (Å²) in [7, 11) is 0. The number of para-hydroxylation sites is 1. The van der Waals surface area contributed by atoms with Crippen LogP contribution in [0.5, 0.6) is 0 Å². The van der Waals surface area contributed by atoms with Crippen LogP contribution in [0.1, 0.15) is 24.5 Å². The second-order valence-corrected chi connectivity index (χ2v) is 7.38. The van der Waals surface area contributed by atoms with Crippen molar-refractivity contribution in [1.82, 2.24) is 25.4 Å². The van der Waals surface area contributed by atoms with E-state index >= 15 is 0 Å². The maximum absolute atomic E-state index is 12.9. The van der Waals surface area contributed by atoms with Crippen molar-refractivity contribution in [3.63, 3.8) is 0 Å². The molecular weight excluding hydrogens is 438 g/mol. The Labute approximate surface area is 195 Å². The fraction of sp³-hybridized carbons (Fsp3) is 0.208. The standard InChI is InChI=1S/C24H23N5O5/c1-3-33-22(30)19-15(2)25-24(32)26-18(19)14-34-23(31)20-27-21(16-10-6-4-7-11-16)29(28-20)17-12-8-5-9-13-17/h4-13,15H,3,14H2,1-2H3,(H2,25,26,32)/t15-/m1/s1. The molecule has 4 rings (SSSR count). The number of hydrogen-bond acceptors (Lipinski definition) is 7. The maximum atomic E-state index is 12.9. The highest BCUT2D eigenvalue weighted by atomic mass is 16.5. The Balaban J connectivity index is 1.62. The Morgan fingerprint density at radius 1 is 1.00 bits per heavy atom. The maximum Gasteiger partial charge on any atom is 0.378 e. The molecule has 0 bridgehead atoms. The molecule has 10 nitrogen and oxygen atoms in total. The van der Waals surface area contributed by atoms with E-state index in [1.165, 1.54) is 0 Å². The first-order chi connectivity index (χ1) is 16.5. The Kier molecular flexibility index (Phi) is 6.67. The van der Waals surface area contributed by atoms with Crippen molar-refractivity contribution in [3.8, 4) is 17.1 Å². The highest BCUT2D eigenvalue weighted by molar-refractivity contribution is 5.95. The molecule has 2 aromatic carbocycles. The number of esters is 2. The Bertz CT molecular complexity index is 1180. The Morgan fingerprint density at radius 3 is 2.35 bits per heavy atom. The minimum absolute atomic E-state index is 0.147. The van der Waals surface area contributed by atoms with Gasteiger partial charge in [-0.25, -0.2) is 24.0 Å². The SMILES string of the molecule is CCOC(=O)C1=C(COC(=O)c2nc(-c3ccccc3)n(-c3ccccc3)n2)NC(=O)N[C@@H]1C. The molecule has 0 aliphatic carbocycles. The van der Waals surface area contributed by atoms with E-state index in [-0.39, 0.29) is 30.3 Å². The lowest BCUT2D eigenvalue weighted by molar-refractivity contribution is -0.139. The van der Waals surface area contributed by atoms with Gasteiger partial charge in [-0.1, -0.05) is 48.5 Å². The normalized spacial score (nSPS) is 15.4. The summed E-state index contributed by atoms with van der Waals surface area (Å²) >= 11 is 0. The minimum Gasteiger partial charge on any atom is -0.463 e. The van der Waals surface area contributed by atoms with E-state index in [4.69, 9.17) is 9.47 Å². The topological polar surface area (TPSA) is 124 Å². The summed E-state index contributed by atoms with van der Waals surface area (Å²) in [5.74, 6) is -1.10. The van der Waals surface area contributed by atoms with E-state index in [0.29, 0.717) is 5.82 Å². The molecule has 0 radical (unpaired) electrons. The summed E-state index contributed by atoms with van der Waals surface area (Å²) < 4.78 is 12.0. The number of amides is 2. The molecule has 2 heterocycles. The highest BCUT2D eigenvalue weighted by Gasteiger charge is 2.31. The van der Waals surface area contributed by atoms with Gasteiger partial charge in [0.05, 0.1) is 29.6 Å². The van der Waals surface area contributed by atoms with Crippen molar-refractivity contribution in [1.29, 1.82) is 0 Å². The zero-order valence-electron chi connectivity index (χ0n) is 18.6. The van der Waals surface area contributed by atoms with Crippen LogP contribution in [0, 0.1) is 0 Å². The predicted molar refractivity (Wildman–Crippen MR) is 122 cm³/mol. The van der Waals surface area contributed by atoms with Gasteiger partial charge in [-0.15, -0.1) is 5.10 Å². The average Bonchev–Trinajstić information content (AvgIpc) is 3.29. The van der Waals surface area contributed by atoms with Crippen LogP contribution in [0.2, 0.25) is 0 Å². The number of ether oxygens (including phenoxy) is 2. The molecule has 174 valence electrons. The van der Waals surface area contributed by atoms with Gasteiger partial charge in [-0.3, -0.25) is 0 Å². The Hall–Kier alpha value is -4.47. The number of benzene rings is 2. The first-order valence-corrected chi connectivity index (χ1v) is 10.7. The second-order valence-electron chi connectivity index (χ2n) is 7.38. The van der Waals surface area contributed by atoms with Crippen molar-refractivity contribution in [2.75, 3.05) is 13.2 Å². The summed E-state index contributed by atoms with van der Waals surface area (Å²) in [5, 5.41) is 9.46. The van der Waals surface area contributed by atoms with E-state index in [9.17, 15) is 14.4 Å². The molecule has 2 N–H and O–H groups in total. The molecule has 34 heavy (non-hydrogen) atoms. The molecule has 0 unspecified atom stereocenters. The van der Waals surface area contributed by atoms with Crippen LogP contribution in [0.3, 0.4) is 0 Å². The molecule has 1 aliphatic rings. The van der Waals surface area contributed by atoms with Gasteiger partial charge in [0.2, 0.25) is 0 Å². The molecular formula is C24H23N5O5. The van der Waals surface area contributed by atoms with Gasteiger partial charge in [0.1, 0.15) is 6.61 Å². The van der Waals surface area contributed by atoms with Crippen molar-refractivity contribution in [2.24, 2.45) is 0 Å². The van der Waals surface area contributed by atoms with Gasteiger partial charge >= 0.3 is 18.0 Å². The third-order valence-corrected chi connectivity index (χ3v) is 5.04. The minimum atomic E-state index is -0.803. The molecule has 0 saturated heterocycles. The number of urea groups is 1. The van der Waals surface area contributed by atoms with E-state index in [1.54, 1.807) is 18.5 Å². The van der Waals surface area contributed by atoms with Gasteiger partial charge in [0.15, 0.2) is 5.82 Å². The molecule has 1 atom stereocenters. The van der Waals surface area contributed by atoms with E-state index in [2.05, 4.69) is 20.7 Å². The third kappa shape index (κ3) is 4.80. The van der Waals surface area contributed by atoms with Crippen LogP contribution in [0.25, 0.3) is 17.1 Å². The molecule has 10 heteroatoms. The lowest BCUT2D eigenvalue weighted by Crippen LogP contribution is -2.50. The first kappa shape index (κ1) is 22.7. The molecule has 0 saturated carbocycles. The van der Waals surface area contributed by atoms with Gasteiger partial charge < -0.3 is 20.1 Å². The smallest absolute Gasteiger partial charge is 0.378 e. The summed E-state index contributed by atoms with van der Waals surface area (Å²) in [4.78, 5) is 41.5. The average molecular weight is 461 g/mol. The zero-order chi connectivity index (χ0) is 24.1. The summed E-state index contributed by atoms with van der Waals surface area (Å²) in [6.07, 6.45) is 0. The van der Waals surface area contributed by atoms with Crippen LogP contribution in [0.15, 0.2) is 71.9 Å². The van der Waals surface area contributed by atoms with Gasteiger partial charge in [-0.05, 0) is 26.0 Å². The van der Waals surface area contributed by atoms with Crippen molar-refractivity contribution in [3.05, 3.63) is 77.8 Å². The highest BCUT2D eigenvalue weighted by Crippen LogP contribution is 2.21. The van der Waals surface area contributed by atoms with Crippen molar-refractivity contribution >= 4 is 18.0 Å². The van der Waals surface area contributed by atoms with Gasteiger partial charge in [-0.2, -0.15) is 0 Å². The molecule has 2 amide bonds. The van der Waals surface area contributed by atoms with Crippen LogP contribution in [-0.2, 0) is 14.3 Å². The number of aromatic nitrogens is 3. The van der Waals surface area contributed by atoms with Crippen LogP contribution in [0.4, 0.5) is 4.79 Å². The van der Waals surface area contributed by atoms with E-state index in [1.807, 2.05) is 60.7 Å². The van der Waals surface area contributed by atoms with Crippen molar-refractivity contribution in [2.45, 2.75) is 19.9 Å². The number of nitrogens with zero attached hydrogens (tertiary/aromatic N) is 3. The predicted octanol–water partition coefficient (Wildman–Crippen LogP) is 2.61. The first-order valence-electron chi connectivity index (χ1n) is 10.7. The molecule has 1 aromatic heterocycles. The van der Waals surface area contributed by atoms with E-state index in [0.717, 1.165) is 11.3 Å². The largest absolute Gasteiger partial charge is 0.463 e. The number of carbonyl (C=O) groups is 3. The number of nitrogens with one attached hydrogen (secondary N) is 2. The summed E-state index contributed by atoms with van der Waals surface area (Å²) in [6, 6.07) is 17.5. The second kappa shape index (κ2) is 9.99. The fourth-order valence-electron chi connectivity index (χ4n) is 3.52. The van der Waals surface area contributed by atoms with Crippen LogP contribution < -0.4 is 10.6 Å². The summed E-state index contributed by atoms with van der Waals surface area (Å²) in [5.41, 5.74) is 1.82. The van der Waals surface area contributed by atoms with Crippen LogP contribution in [-0.4, -0.2) is 52.0 Å². The van der Waals surface area contributed by atoms with Crippen LogP contribution >= 0.6 is 0 Å². The number of hydrogen-bond donors (Lipinski definition) is 2. The molecule has 3 aromatic rings. The third-order valence-electron chi connectivity index (χ3n) is 5.04. The molecule has 0 spiro atoms. The number of rotatable bonds is 7. The van der Waals surface area contributed by atoms with Gasteiger partial charge in [0, 0.05) is 5.56 Å². The zero-order valence-corrected chi connectivity index (χ0v) is 18.6. The van der Waals surface area contributed by atoms with Crippen molar-refractivity contribution < 1.29 is 23.9 Å². The lowest BCUT2D eigenvalue weighted by Gasteiger charge is -2.26. The molecule has 0 fully saturated rings. The monoisotopic (exact) mass is 461 g/mol. The van der Waals surface area contributed by atoms with E-state index < -0.39 is 24.0 Å². The summed E-state index contributed by atoms with van der Waals surface area (Å²) in [6.45, 7) is 3.13. The fourth-order valence-corrected chi connectivity index (χ4v) is 3.52. The molecule has 1 aliphatic heterocycles. The lowest BCUT2D eigenvalue weighted by atomic mass is 10.0. The van der Waals surface area contributed by atoms with Gasteiger partial charge in [0.25, 0.3) is 5.82 Å².